The topological polar surface area (TPSA) is 9.23 Å². The van der Waals surface area contributed by atoms with Gasteiger partial charge in [0.15, 0.2) is 11.6 Å². The van der Waals surface area contributed by atoms with Crippen molar-refractivity contribution >= 4 is 15.9 Å². The molecule has 0 N–H and O–H groups in total. The van der Waals surface area contributed by atoms with E-state index in [0.29, 0.717) is 5.75 Å². The minimum atomic E-state index is -0.851. The minimum absolute atomic E-state index is 0.0577. The van der Waals surface area contributed by atoms with Crippen molar-refractivity contribution in [2.45, 2.75) is 25.3 Å². The fourth-order valence-electron chi connectivity index (χ4n) is 1.06. The Labute approximate surface area is 90.2 Å². The second-order valence-corrected chi connectivity index (χ2v) is 3.70. The zero-order chi connectivity index (χ0) is 10.7. The van der Waals surface area contributed by atoms with Crippen LogP contribution >= 0.6 is 15.9 Å². The van der Waals surface area contributed by atoms with Gasteiger partial charge < -0.3 is 4.74 Å². The molecule has 1 rings (SSSR count). The van der Waals surface area contributed by atoms with Gasteiger partial charge in [-0.05, 0) is 26.0 Å². The van der Waals surface area contributed by atoms with E-state index < -0.39 is 11.6 Å². The van der Waals surface area contributed by atoms with Crippen LogP contribution < -0.4 is 4.74 Å². The molecule has 0 atom stereocenters. The Morgan fingerprint density at radius 3 is 2.50 bits per heavy atom. The fraction of sp³-hybridized carbons (Fsp3) is 0.400. The lowest BCUT2D eigenvalue weighted by molar-refractivity contribution is 0.238. The molecule has 1 nitrogen and oxygen atoms in total. The summed E-state index contributed by atoms with van der Waals surface area (Å²) in [4.78, 5) is 0. The first kappa shape index (κ1) is 11.4. The molecule has 78 valence electrons. The lowest BCUT2D eigenvalue weighted by Gasteiger charge is -2.13. The van der Waals surface area contributed by atoms with Gasteiger partial charge in [-0.25, -0.2) is 8.78 Å². The van der Waals surface area contributed by atoms with Crippen molar-refractivity contribution in [2.24, 2.45) is 0 Å². The van der Waals surface area contributed by atoms with Gasteiger partial charge in [0, 0.05) is 10.9 Å². The van der Waals surface area contributed by atoms with Crippen LogP contribution in [0.1, 0.15) is 19.4 Å². The van der Waals surface area contributed by atoms with Crippen LogP contribution in [0.2, 0.25) is 0 Å². The molecule has 1 aromatic rings. The monoisotopic (exact) mass is 264 g/mol. The smallest absolute Gasteiger partial charge is 0.166 e. The molecule has 1 aromatic carbocycles. The van der Waals surface area contributed by atoms with E-state index in [1.807, 2.05) is 13.8 Å². The maximum absolute atomic E-state index is 13.2. The number of alkyl halides is 1. The van der Waals surface area contributed by atoms with E-state index in [-0.39, 0.29) is 17.0 Å². The van der Waals surface area contributed by atoms with Gasteiger partial charge in [-0.3, -0.25) is 0 Å². The summed E-state index contributed by atoms with van der Waals surface area (Å²) < 4.78 is 31.4. The highest BCUT2D eigenvalue weighted by atomic mass is 79.9. The number of halogens is 3. The predicted molar refractivity (Wildman–Crippen MR) is 54.8 cm³/mol. The van der Waals surface area contributed by atoms with Gasteiger partial charge in [0.2, 0.25) is 0 Å². The van der Waals surface area contributed by atoms with Crippen LogP contribution in [0.25, 0.3) is 0 Å². The Morgan fingerprint density at radius 2 is 2.00 bits per heavy atom. The van der Waals surface area contributed by atoms with E-state index in [1.54, 1.807) is 0 Å². The van der Waals surface area contributed by atoms with Crippen molar-refractivity contribution in [3.05, 3.63) is 29.3 Å². The van der Waals surface area contributed by atoms with Crippen LogP contribution in [0.15, 0.2) is 12.1 Å². The SMILES string of the molecule is CC(C)Oc1ccc(F)c(F)c1CBr. The molecule has 0 aliphatic carbocycles. The number of hydrogen-bond donors (Lipinski definition) is 0. The molecule has 0 unspecified atom stereocenters. The number of rotatable bonds is 3. The number of benzene rings is 1. The van der Waals surface area contributed by atoms with Gasteiger partial charge in [-0.15, -0.1) is 0 Å². The average molecular weight is 265 g/mol. The van der Waals surface area contributed by atoms with E-state index in [9.17, 15) is 8.78 Å². The second kappa shape index (κ2) is 4.73. The molecule has 14 heavy (non-hydrogen) atoms. The van der Waals surface area contributed by atoms with Crippen molar-refractivity contribution in [3.63, 3.8) is 0 Å². The highest BCUT2D eigenvalue weighted by molar-refractivity contribution is 9.08. The lowest BCUT2D eigenvalue weighted by Crippen LogP contribution is -2.08. The molecule has 0 spiro atoms. The molecule has 0 aliphatic rings. The summed E-state index contributed by atoms with van der Waals surface area (Å²) in [5.41, 5.74) is 0.221. The zero-order valence-corrected chi connectivity index (χ0v) is 9.57. The Balaban J connectivity index is 3.10. The molecule has 0 saturated heterocycles. The third-order valence-corrected chi connectivity index (χ3v) is 2.21. The molecular weight excluding hydrogens is 254 g/mol. The standard InChI is InChI=1S/C10H11BrF2O/c1-6(2)14-9-4-3-8(12)10(13)7(9)5-11/h3-4,6H,5H2,1-2H3. The largest absolute Gasteiger partial charge is 0.491 e. The second-order valence-electron chi connectivity index (χ2n) is 3.14. The third-order valence-electron chi connectivity index (χ3n) is 1.65. The summed E-state index contributed by atoms with van der Waals surface area (Å²) in [5, 5.41) is 0.235. The summed E-state index contributed by atoms with van der Waals surface area (Å²) in [7, 11) is 0. The van der Waals surface area contributed by atoms with Crippen LogP contribution in [0.3, 0.4) is 0 Å². The van der Waals surface area contributed by atoms with Gasteiger partial charge in [0.05, 0.1) is 6.10 Å². The van der Waals surface area contributed by atoms with Gasteiger partial charge >= 0.3 is 0 Å². The summed E-state index contributed by atoms with van der Waals surface area (Å²) in [5.74, 6) is -1.31. The highest BCUT2D eigenvalue weighted by Crippen LogP contribution is 2.26. The highest BCUT2D eigenvalue weighted by Gasteiger charge is 2.14. The Morgan fingerprint density at radius 1 is 1.36 bits per heavy atom. The van der Waals surface area contributed by atoms with E-state index in [4.69, 9.17) is 4.74 Å². The molecule has 0 amide bonds. The van der Waals surface area contributed by atoms with Crippen LogP contribution in [0.5, 0.6) is 5.75 Å². The lowest BCUT2D eigenvalue weighted by atomic mass is 10.2. The van der Waals surface area contributed by atoms with Gasteiger partial charge in [-0.1, -0.05) is 15.9 Å². The Bertz CT molecular complexity index is 326. The maximum Gasteiger partial charge on any atom is 0.166 e. The molecule has 0 radical (unpaired) electrons. The predicted octanol–water partition coefficient (Wildman–Crippen LogP) is 3.65. The normalized spacial score (nSPS) is 10.7. The molecule has 0 fully saturated rings. The maximum atomic E-state index is 13.2. The van der Waals surface area contributed by atoms with E-state index >= 15 is 0 Å². The Kier molecular flexibility index (Phi) is 3.86. The van der Waals surface area contributed by atoms with E-state index in [0.717, 1.165) is 6.07 Å². The van der Waals surface area contributed by atoms with Crippen molar-refractivity contribution < 1.29 is 13.5 Å². The van der Waals surface area contributed by atoms with Crippen molar-refractivity contribution in [1.82, 2.24) is 0 Å². The minimum Gasteiger partial charge on any atom is -0.491 e. The van der Waals surface area contributed by atoms with Crippen molar-refractivity contribution in [3.8, 4) is 5.75 Å². The average Bonchev–Trinajstić information content (AvgIpc) is 2.11. The number of ether oxygens (including phenoxy) is 1. The summed E-state index contributed by atoms with van der Waals surface area (Å²) in [6.45, 7) is 3.67. The third kappa shape index (κ3) is 2.44. The first-order chi connectivity index (χ1) is 6.56. The molecule has 4 heteroatoms. The van der Waals surface area contributed by atoms with Crippen LogP contribution in [-0.4, -0.2) is 6.10 Å². The van der Waals surface area contributed by atoms with Crippen molar-refractivity contribution in [2.75, 3.05) is 0 Å². The zero-order valence-electron chi connectivity index (χ0n) is 7.98. The quantitative estimate of drug-likeness (QED) is 0.758. The Hall–Kier alpha value is -0.640. The molecular formula is C10H11BrF2O. The molecule has 0 heterocycles. The fourth-order valence-corrected chi connectivity index (χ4v) is 1.59. The summed E-state index contributed by atoms with van der Waals surface area (Å²) in [6, 6.07) is 2.51. The number of hydrogen-bond acceptors (Lipinski definition) is 1. The van der Waals surface area contributed by atoms with Crippen LogP contribution in [-0.2, 0) is 5.33 Å². The first-order valence-electron chi connectivity index (χ1n) is 4.25. The molecule has 0 saturated carbocycles. The molecule has 0 aromatic heterocycles. The van der Waals surface area contributed by atoms with Crippen molar-refractivity contribution in [1.29, 1.82) is 0 Å². The molecule has 0 bridgehead atoms. The van der Waals surface area contributed by atoms with Gasteiger partial charge in [0.1, 0.15) is 5.75 Å². The van der Waals surface area contributed by atoms with E-state index in [2.05, 4.69) is 15.9 Å². The van der Waals surface area contributed by atoms with Gasteiger partial charge in [0.25, 0.3) is 0 Å². The molecule has 0 aliphatic heterocycles. The van der Waals surface area contributed by atoms with Gasteiger partial charge in [-0.2, -0.15) is 0 Å². The summed E-state index contributed by atoms with van der Waals surface area (Å²) in [6.07, 6.45) is -0.0577. The van der Waals surface area contributed by atoms with E-state index in [1.165, 1.54) is 6.07 Å². The van der Waals surface area contributed by atoms with Crippen LogP contribution in [0.4, 0.5) is 8.78 Å². The van der Waals surface area contributed by atoms with Crippen LogP contribution in [0, 0.1) is 11.6 Å². The first-order valence-corrected chi connectivity index (χ1v) is 5.38. The summed E-state index contributed by atoms with van der Waals surface area (Å²) >= 11 is 3.10.